The quantitative estimate of drug-likeness (QED) is 0.621. The van der Waals surface area contributed by atoms with E-state index in [9.17, 15) is 9.59 Å². The third-order valence-corrected chi connectivity index (χ3v) is 6.25. The van der Waals surface area contributed by atoms with E-state index >= 15 is 0 Å². The molecule has 33 heavy (non-hydrogen) atoms. The van der Waals surface area contributed by atoms with E-state index in [1.165, 1.54) is 12.0 Å². The average Bonchev–Trinajstić information content (AvgIpc) is 3.07. The normalized spacial score (nSPS) is 21.0. The summed E-state index contributed by atoms with van der Waals surface area (Å²) in [6, 6.07) is 12.4. The van der Waals surface area contributed by atoms with E-state index in [0.717, 1.165) is 6.42 Å². The number of carbonyl (C=O) groups is 2. The van der Waals surface area contributed by atoms with Crippen LogP contribution in [-0.4, -0.2) is 51.1 Å². The summed E-state index contributed by atoms with van der Waals surface area (Å²) in [5.41, 5.74) is 1.76. The van der Waals surface area contributed by atoms with E-state index in [-0.39, 0.29) is 5.91 Å². The number of amides is 2. The van der Waals surface area contributed by atoms with Gasteiger partial charge in [0.25, 0.3) is 11.8 Å². The Morgan fingerprint density at radius 3 is 2.12 bits per heavy atom. The van der Waals surface area contributed by atoms with E-state index in [2.05, 4.69) is 18.7 Å². The molecule has 7 nitrogen and oxygen atoms in total. The van der Waals surface area contributed by atoms with Gasteiger partial charge in [0.1, 0.15) is 22.9 Å². The number of imide groups is 1. The number of hydrogen-bond donors (Lipinski definition) is 0. The molecule has 2 aromatic rings. The third-order valence-electron chi connectivity index (χ3n) is 6.25. The molecule has 1 saturated heterocycles. The molecule has 4 rings (SSSR count). The van der Waals surface area contributed by atoms with Crippen molar-refractivity contribution in [1.29, 1.82) is 0 Å². The molecule has 2 aromatic carbocycles. The van der Waals surface area contributed by atoms with Crippen LogP contribution in [0.4, 0.5) is 5.69 Å². The molecular weight excluding hydrogens is 420 g/mol. The molecule has 0 spiro atoms. The fourth-order valence-corrected chi connectivity index (χ4v) is 4.94. The minimum atomic E-state index is -0.395. The molecule has 2 aliphatic rings. The summed E-state index contributed by atoms with van der Waals surface area (Å²) in [7, 11) is 4.63. The summed E-state index contributed by atoms with van der Waals surface area (Å²) in [6.07, 6.45) is 1.09. The first-order valence-electron chi connectivity index (χ1n) is 11.1. The molecular formula is C26H30N2O5. The minimum absolute atomic E-state index is 0.356. The van der Waals surface area contributed by atoms with Crippen molar-refractivity contribution < 1.29 is 23.8 Å². The Morgan fingerprint density at radius 2 is 1.48 bits per heavy atom. The van der Waals surface area contributed by atoms with Crippen LogP contribution in [0, 0.1) is 11.8 Å². The number of rotatable bonds is 6. The van der Waals surface area contributed by atoms with Crippen molar-refractivity contribution >= 4 is 23.1 Å². The first-order chi connectivity index (χ1) is 15.9. The topological polar surface area (TPSA) is 68.3 Å². The highest BCUT2D eigenvalue weighted by Gasteiger charge is 2.45. The summed E-state index contributed by atoms with van der Waals surface area (Å²) in [5, 5.41) is 0. The monoisotopic (exact) mass is 450 g/mol. The second-order valence-electron chi connectivity index (χ2n) is 8.76. The van der Waals surface area contributed by atoms with Crippen molar-refractivity contribution in [3.63, 3.8) is 0 Å². The number of likely N-dealkylation sites (tertiary alicyclic amines) is 1. The Kier molecular flexibility index (Phi) is 6.31. The summed E-state index contributed by atoms with van der Waals surface area (Å²) < 4.78 is 16.4. The van der Waals surface area contributed by atoms with Gasteiger partial charge in [-0.3, -0.25) is 9.59 Å². The fourth-order valence-electron chi connectivity index (χ4n) is 4.94. The smallest absolute Gasteiger partial charge is 0.282 e. The molecule has 2 amide bonds. The van der Waals surface area contributed by atoms with Gasteiger partial charge in [-0.15, -0.1) is 0 Å². The van der Waals surface area contributed by atoms with Crippen LogP contribution in [-0.2, 0) is 9.59 Å². The van der Waals surface area contributed by atoms with Crippen LogP contribution in [0.15, 0.2) is 48.2 Å². The van der Waals surface area contributed by atoms with Crippen LogP contribution in [0.25, 0.3) is 5.57 Å². The van der Waals surface area contributed by atoms with E-state index in [4.69, 9.17) is 14.2 Å². The highest BCUT2D eigenvalue weighted by Crippen LogP contribution is 2.42. The fraction of sp³-hybridized carbons (Fsp3) is 0.385. The number of para-hydroxylation sites is 1. The van der Waals surface area contributed by atoms with Crippen LogP contribution >= 0.6 is 0 Å². The Balaban J connectivity index is 1.88. The number of carbonyl (C=O) groups excluding carboxylic acids is 2. The third kappa shape index (κ3) is 4.03. The zero-order chi connectivity index (χ0) is 23.7. The largest absolute Gasteiger partial charge is 0.497 e. The lowest BCUT2D eigenvalue weighted by Gasteiger charge is -2.37. The molecule has 2 aliphatic heterocycles. The lowest BCUT2D eigenvalue weighted by Crippen LogP contribution is -2.42. The second kappa shape index (κ2) is 9.17. The van der Waals surface area contributed by atoms with Crippen molar-refractivity contribution in [3.8, 4) is 17.2 Å². The van der Waals surface area contributed by atoms with Crippen LogP contribution in [0.1, 0.15) is 25.8 Å². The zero-order valence-electron chi connectivity index (χ0n) is 19.8. The van der Waals surface area contributed by atoms with E-state index in [0.29, 0.717) is 64.7 Å². The van der Waals surface area contributed by atoms with Crippen LogP contribution in [0.3, 0.4) is 0 Å². The zero-order valence-corrected chi connectivity index (χ0v) is 19.8. The lowest BCUT2D eigenvalue weighted by molar-refractivity contribution is -0.120. The van der Waals surface area contributed by atoms with Gasteiger partial charge in [0.05, 0.1) is 32.6 Å². The van der Waals surface area contributed by atoms with E-state index < -0.39 is 5.91 Å². The molecule has 7 heteroatoms. The minimum Gasteiger partial charge on any atom is -0.497 e. The predicted molar refractivity (Wildman–Crippen MR) is 126 cm³/mol. The number of methoxy groups -OCH3 is 3. The van der Waals surface area contributed by atoms with Gasteiger partial charge < -0.3 is 19.1 Å². The molecule has 0 aliphatic carbocycles. The average molecular weight is 451 g/mol. The van der Waals surface area contributed by atoms with Crippen LogP contribution < -0.4 is 19.1 Å². The van der Waals surface area contributed by atoms with Crippen molar-refractivity contribution in [1.82, 2.24) is 4.90 Å². The van der Waals surface area contributed by atoms with Crippen LogP contribution in [0.2, 0.25) is 0 Å². The van der Waals surface area contributed by atoms with Gasteiger partial charge in [-0.1, -0.05) is 32.0 Å². The lowest BCUT2D eigenvalue weighted by atomic mass is 9.91. The molecule has 1 fully saturated rings. The van der Waals surface area contributed by atoms with Gasteiger partial charge in [0.15, 0.2) is 0 Å². The molecule has 174 valence electrons. The summed E-state index contributed by atoms with van der Waals surface area (Å²) in [6.45, 7) is 5.78. The maximum absolute atomic E-state index is 13.9. The molecule has 0 aromatic heterocycles. The maximum atomic E-state index is 13.9. The van der Waals surface area contributed by atoms with E-state index in [1.54, 1.807) is 38.5 Å². The first-order valence-corrected chi connectivity index (χ1v) is 11.1. The number of benzene rings is 2. The Bertz CT molecular complexity index is 1100. The van der Waals surface area contributed by atoms with Crippen molar-refractivity contribution in [2.24, 2.45) is 11.8 Å². The molecule has 0 saturated carbocycles. The Morgan fingerprint density at radius 1 is 0.818 bits per heavy atom. The number of anilines is 1. The second-order valence-corrected chi connectivity index (χ2v) is 8.76. The standard InChI is InChI=1S/C26H30N2O5/c1-16-12-17(2)15-27(14-16)24-23(19-8-6-7-9-21(19)32-4)25(29)28(26(24)30)20-11-10-18(31-3)13-22(20)33-5/h6-11,13,16-17H,12,14-15H2,1-5H3. The van der Waals surface area contributed by atoms with Gasteiger partial charge >= 0.3 is 0 Å². The van der Waals surface area contributed by atoms with E-state index in [1.807, 2.05) is 18.2 Å². The highest BCUT2D eigenvalue weighted by atomic mass is 16.5. The summed E-state index contributed by atoms with van der Waals surface area (Å²) in [4.78, 5) is 31.1. The SMILES string of the molecule is COc1ccc(N2C(=O)C(c3ccccc3OC)=C(N3CC(C)CC(C)C3)C2=O)c(OC)c1. The van der Waals surface area contributed by atoms with Gasteiger partial charge in [-0.05, 0) is 36.5 Å². The van der Waals surface area contributed by atoms with Crippen LogP contribution in [0.5, 0.6) is 17.2 Å². The maximum Gasteiger partial charge on any atom is 0.282 e. The molecule has 2 unspecified atom stereocenters. The summed E-state index contributed by atoms with van der Waals surface area (Å²) >= 11 is 0. The molecule has 0 bridgehead atoms. The number of piperidine rings is 1. The number of ether oxygens (including phenoxy) is 3. The number of hydrogen-bond acceptors (Lipinski definition) is 6. The number of nitrogens with zero attached hydrogens (tertiary/aromatic N) is 2. The van der Waals surface area contributed by atoms with Gasteiger partial charge in [0.2, 0.25) is 0 Å². The van der Waals surface area contributed by atoms with Crippen molar-refractivity contribution in [3.05, 3.63) is 53.7 Å². The van der Waals surface area contributed by atoms with Gasteiger partial charge in [0, 0.05) is 24.7 Å². The first kappa shape index (κ1) is 22.7. The Labute approximate surface area is 194 Å². The predicted octanol–water partition coefficient (Wildman–Crippen LogP) is 3.97. The highest BCUT2D eigenvalue weighted by molar-refractivity contribution is 6.46. The van der Waals surface area contributed by atoms with Crippen molar-refractivity contribution in [2.75, 3.05) is 39.3 Å². The van der Waals surface area contributed by atoms with Gasteiger partial charge in [-0.25, -0.2) is 4.90 Å². The molecule has 2 heterocycles. The van der Waals surface area contributed by atoms with Crippen molar-refractivity contribution in [2.45, 2.75) is 20.3 Å². The Hall–Kier alpha value is -3.48. The molecule has 0 radical (unpaired) electrons. The summed E-state index contributed by atoms with van der Waals surface area (Å²) in [5.74, 6) is 1.58. The van der Waals surface area contributed by atoms with Gasteiger partial charge in [-0.2, -0.15) is 0 Å². The molecule has 0 N–H and O–H groups in total. The molecule has 2 atom stereocenters.